The van der Waals surface area contributed by atoms with Crippen molar-refractivity contribution in [3.63, 3.8) is 0 Å². The van der Waals surface area contributed by atoms with Gasteiger partial charge in [0, 0.05) is 12.4 Å². The van der Waals surface area contributed by atoms with Crippen LogP contribution >= 0.6 is 0 Å². The zero-order valence-corrected chi connectivity index (χ0v) is 15.5. The van der Waals surface area contributed by atoms with E-state index in [2.05, 4.69) is 36.3 Å². The number of nitrogens with one attached hydrogen (secondary N) is 1. The van der Waals surface area contributed by atoms with Crippen molar-refractivity contribution in [2.45, 2.75) is 39.2 Å². The topological polar surface area (TPSA) is 46.9 Å². The zero-order chi connectivity index (χ0) is 18.5. The molecule has 1 N–H and O–H groups in total. The van der Waals surface area contributed by atoms with Crippen LogP contribution in [-0.4, -0.2) is 15.5 Å². The summed E-state index contributed by atoms with van der Waals surface area (Å²) in [7, 11) is 0. The lowest BCUT2D eigenvalue weighted by molar-refractivity contribution is -0.121. The lowest BCUT2D eigenvalue weighted by atomic mass is 10.0. The molecule has 4 heteroatoms. The maximum Gasteiger partial charge on any atom is 0.224 e. The summed E-state index contributed by atoms with van der Waals surface area (Å²) in [5.41, 5.74) is 4.16. The van der Waals surface area contributed by atoms with Gasteiger partial charge in [-0.15, -0.1) is 0 Å². The number of aromatic nitrogens is 2. The largest absolute Gasteiger partial charge is 0.348 e. The van der Waals surface area contributed by atoms with E-state index in [1.165, 1.54) is 5.56 Å². The Morgan fingerprint density at radius 2 is 1.73 bits per heavy atom. The molecule has 134 valence electrons. The average Bonchev–Trinajstić information content (AvgIpc) is 3.17. The lowest BCUT2D eigenvalue weighted by Crippen LogP contribution is -2.28. The number of rotatable bonds is 6. The highest BCUT2D eigenvalue weighted by Crippen LogP contribution is 2.16. The van der Waals surface area contributed by atoms with Crippen LogP contribution in [0.25, 0.3) is 5.69 Å². The average molecular weight is 347 g/mol. The summed E-state index contributed by atoms with van der Waals surface area (Å²) in [5.74, 6) is 0.504. The maximum absolute atomic E-state index is 12.3. The number of benzene rings is 1. The highest BCUT2D eigenvalue weighted by atomic mass is 16.1. The fraction of sp³-hybridized carbons (Fsp3) is 0.273. The summed E-state index contributed by atoms with van der Waals surface area (Å²) in [6, 6.07) is 16.0. The summed E-state index contributed by atoms with van der Waals surface area (Å²) in [5, 5.41) is 3.03. The van der Waals surface area contributed by atoms with Gasteiger partial charge in [-0.2, -0.15) is 0 Å². The number of amides is 1. The van der Waals surface area contributed by atoms with Crippen molar-refractivity contribution in [3.05, 3.63) is 83.9 Å². The van der Waals surface area contributed by atoms with Crippen LogP contribution in [0.4, 0.5) is 0 Å². The van der Waals surface area contributed by atoms with Gasteiger partial charge in [0.1, 0.15) is 0 Å². The first kappa shape index (κ1) is 17.9. The van der Waals surface area contributed by atoms with Gasteiger partial charge >= 0.3 is 0 Å². The van der Waals surface area contributed by atoms with E-state index in [0.29, 0.717) is 12.3 Å². The van der Waals surface area contributed by atoms with Crippen molar-refractivity contribution < 1.29 is 4.79 Å². The molecule has 1 aromatic carbocycles. The van der Waals surface area contributed by atoms with Gasteiger partial charge in [0.05, 0.1) is 30.0 Å². The first-order chi connectivity index (χ1) is 12.5. The number of nitrogens with zero attached hydrogens (tertiary/aromatic N) is 2. The molecule has 3 aromatic rings. The summed E-state index contributed by atoms with van der Waals surface area (Å²) >= 11 is 0. The number of hydrogen-bond acceptors (Lipinski definition) is 2. The lowest BCUT2D eigenvalue weighted by Gasteiger charge is -2.14. The SMILES string of the molecule is CC(C)c1ccc(CC(=O)N[C@H](C)c2ccc(-n3cccc3)cn2)cc1. The van der Waals surface area contributed by atoms with Crippen LogP contribution in [0, 0.1) is 0 Å². The number of carbonyl (C=O) groups excluding carboxylic acids is 1. The molecule has 2 heterocycles. The van der Waals surface area contributed by atoms with Crippen LogP contribution < -0.4 is 5.32 Å². The van der Waals surface area contributed by atoms with Crippen molar-refractivity contribution in [2.75, 3.05) is 0 Å². The standard InChI is InChI=1S/C22H25N3O/c1-16(2)19-8-6-18(7-9-19)14-22(26)24-17(3)21-11-10-20(15-23-21)25-12-4-5-13-25/h4-13,15-17H,14H2,1-3H3,(H,24,26)/t17-/m1/s1. The molecule has 0 saturated heterocycles. The Bertz CT molecular complexity index is 834. The van der Waals surface area contributed by atoms with E-state index < -0.39 is 0 Å². The summed E-state index contributed by atoms with van der Waals surface area (Å²) in [4.78, 5) is 16.8. The van der Waals surface area contributed by atoms with Gasteiger partial charge in [0.15, 0.2) is 0 Å². The molecule has 4 nitrogen and oxygen atoms in total. The van der Waals surface area contributed by atoms with Gasteiger partial charge < -0.3 is 9.88 Å². The third kappa shape index (κ3) is 4.39. The molecular formula is C22H25N3O. The van der Waals surface area contributed by atoms with E-state index >= 15 is 0 Å². The molecule has 0 fully saturated rings. The number of carbonyl (C=O) groups is 1. The normalized spacial score (nSPS) is 12.2. The van der Waals surface area contributed by atoms with Crippen molar-refractivity contribution in [1.29, 1.82) is 0 Å². The van der Waals surface area contributed by atoms with Gasteiger partial charge in [0.25, 0.3) is 0 Å². The second kappa shape index (κ2) is 8.00. The molecule has 0 spiro atoms. The van der Waals surface area contributed by atoms with Crippen LogP contribution in [0.3, 0.4) is 0 Å². The van der Waals surface area contributed by atoms with Crippen LogP contribution in [0.5, 0.6) is 0 Å². The number of pyridine rings is 1. The third-order valence-electron chi connectivity index (χ3n) is 4.51. The van der Waals surface area contributed by atoms with E-state index in [1.54, 1.807) is 0 Å². The highest BCUT2D eigenvalue weighted by Gasteiger charge is 2.12. The third-order valence-corrected chi connectivity index (χ3v) is 4.51. The van der Waals surface area contributed by atoms with E-state index in [0.717, 1.165) is 16.9 Å². The van der Waals surface area contributed by atoms with Gasteiger partial charge in [-0.1, -0.05) is 38.1 Å². The Kier molecular flexibility index (Phi) is 5.52. The van der Waals surface area contributed by atoms with E-state index in [9.17, 15) is 4.79 Å². The van der Waals surface area contributed by atoms with Gasteiger partial charge in [-0.05, 0) is 48.2 Å². The molecular weight excluding hydrogens is 322 g/mol. The van der Waals surface area contributed by atoms with Gasteiger partial charge in [-0.3, -0.25) is 9.78 Å². The van der Waals surface area contributed by atoms with Crippen LogP contribution in [-0.2, 0) is 11.2 Å². The molecule has 1 atom stereocenters. The van der Waals surface area contributed by atoms with Crippen molar-refractivity contribution in [1.82, 2.24) is 14.9 Å². The minimum Gasteiger partial charge on any atom is -0.348 e. The van der Waals surface area contributed by atoms with E-state index in [4.69, 9.17) is 0 Å². The number of hydrogen-bond donors (Lipinski definition) is 1. The monoisotopic (exact) mass is 347 g/mol. The Morgan fingerprint density at radius 1 is 1.04 bits per heavy atom. The van der Waals surface area contributed by atoms with E-state index in [1.807, 2.05) is 66.5 Å². The second-order valence-corrected chi connectivity index (χ2v) is 6.89. The van der Waals surface area contributed by atoms with Crippen molar-refractivity contribution in [2.24, 2.45) is 0 Å². The van der Waals surface area contributed by atoms with Gasteiger partial charge in [0.2, 0.25) is 5.91 Å². The molecule has 0 unspecified atom stereocenters. The quantitative estimate of drug-likeness (QED) is 0.718. The Hall–Kier alpha value is -2.88. The molecule has 0 radical (unpaired) electrons. The second-order valence-electron chi connectivity index (χ2n) is 6.89. The fourth-order valence-corrected chi connectivity index (χ4v) is 2.89. The molecule has 1 amide bonds. The van der Waals surface area contributed by atoms with Crippen LogP contribution in [0.1, 0.15) is 49.6 Å². The Morgan fingerprint density at radius 3 is 2.31 bits per heavy atom. The van der Waals surface area contributed by atoms with E-state index in [-0.39, 0.29) is 11.9 Å². The predicted octanol–water partition coefficient (Wildman–Crippen LogP) is 4.42. The zero-order valence-electron chi connectivity index (χ0n) is 15.5. The summed E-state index contributed by atoms with van der Waals surface area (Å²) < 4.78 is 2.00. The highest BCUT2D eigenvalue weighted by molar-refractivity contribution is 5.78. The minimum absolute atomic E-state index is 0.00563. The molecule has 0 saturated carbocycles. The molecule has 2 aromatic heterocycles. The first-order valence-electron chi connectivity index (χ1n) is 9.00. The molecule has 0 bridgehead atoms. The summed E-state index contributed by atoms with van der Waals surface area (Å²) in [6.45, 7) is 6.29. The van der Waals surface area contributed by atoms with Crippen molar-refractivity contribution >= 4 is 5.91 Å². The van der Waals surface area contributed by atoms with Crippen LogP contribution in [0.15, 0.2) is 67.1 Å². The predicted molar refractivity (Wildman–Crippen MR) is 104 cm³/mol. The van der Waals surface area contributed by atoms with Crippen molar-refractivity contribution in [3.8, 4) is 5.69 Å². The smallest absolute Gasteiger partial charge is 0.224 e. The molecule has 0 aliphatic rings. The van der Waals surface area contributed by atoms with Gasteiger partial charge in [-0.25, -0.2) is 0 Å². The maximum atomic E-state index is 12.3. The minimum atomic E-state index is -0.129. The molecule has 3 rings (SSSR count). The Labute approximate surface area is 154 Å². The molecule has 26 heavy (non-hydrogen) atoms. The Balaban J connectivity index is 1.58. The molecule has 0 aliphatic carbocycles. The fourth-order valence-electron chi connectivity index (χ4n) is 2.89. The molecule has 0 aliphatic heterocycles. The van der Waals surface area contributed by atoms with Crippen LogP contribution in [0.2, 0.25) is 0 Å². The summed E-state index contributed by atoms with van der Waals surface area (Å²) in [6.07, 6.45) is 6.16. The first-order valence-corrected chi connectivity index (χ1v) is 9.00.